The van der Waals surface area contributed by atoms with E-state index in [1.807, 2.05) is 0 Å². The molecule has 0 spiro atoms. The largest absolute Gasteiger partial charge is 0.481 e. The van der Waals surface area contributed by atoms with E-state index in [1.54, 1.807) is 6.92 Å². The Bertz CT molecular complexity index is 604. The highest BCUT2D eigenvalue weighted by Gasteiger charge is 2.47. The molecule has 0 aliphatic carbocycles. The van der Waals surface area contributed by atoms with Crippen LogP contribution in [0.15, 0.2) is 0 Å². The monoisotopic (exact) mass is 376 g/mol. The molecule has 2 atom stereocenters. The summed E-state index contributed by atoms with van der Waals surface area (Å²) in [5, 5.41) is 9.61. The number of piperidine rings is 1. The summed E-state index contributed by atoms with van der Waals surface area (Å²) in [7, 11) is -2.01. The molecule has 25 heavy (non-hydrogen) atoms. The minimum absolute atomic E-state index is 0.0273. The molecule has 0 aromatic heterocycles. The zero-order valence-electron chi connectivity index (χ0n) is 14.9. The molecule has 0 radical (unpaired) electrons. The summed E-state index contributed by atoms with van der Waals surface area (Å²) >= 11 is 0. The van der Waals surface area contributed by atoms with Gasteiger partial charge in [-0.05, 0) is 32.1 Å². The number of methoxy groups -OCH3 is 1. The third kappa shape index (κ3) is 4.15. The average Bonchev–Trinajstić information content (AvgIpc) is 3.05. The minimum Gasteiger partial charge on any atom is -0.481 e. The highest BCUT2D eigenvalue weighted by molar-refractivity contribution is 7.89. The summed E-state index contributed by atoms with van der Waals surface area (Å²) in [6.45, 7) is 2.70. The lowest BCUT2D eigenvalue weighted by atomic mass is 9.80. The van der Waals surface area contributed by atoms with Crippen molar-refractivity contribution in [3.63, 3.8) is 0 Å². The summed E-state index contributed by atoms with van der Waals surface area (Å²) in [4.78, 5) is 26.2. The van der Waals surface area contributed by atoms with Gasteiger partial charge in [-0.15, -0.1) is 0 Å². The fourth-order valence-corrected chi connectivity index (χ4v) is 5.60. The number of rotatable bonds is 7. The Kier molecular flexibility index (Phi) is 6.45. The van der Waals surface area contributed by atoms with Gasteiger partial charge in [0.15, 0.2) is 0 Å². The third-order valence-corrected chi connectivity index (χ3v) is 7.15. The molecule has 0 saturated carbocycles. The van der Waals surface area contributed by atoms with Crippen molar-refractivity contribution >= 4 is 21.9 Å². The maximum absolute atomic E-state index is 13.0. The van der Waals surface area contributed by atoms with Gasteiger partial charge >= 0.3 is 5.97 Å². The quantitative estimate of drug-likeness (QED) is 0.695. The SMILES string of the molecule is CCCS(=O)(=O)N1CCCC1C(=O)N1CCCC(COC)(C(=O)O)C1. The smallest absolute Gasteiger partial charge is 0.313 e. The van der Waals surface area contributed by atoms with Gasteiger partial charge in [-0.3, -0.25) is 9.59 Å². The summed E-state index contributed by atoms with van der Waals surface area (Å²) < 4.78 is 31.2. The first-order valence-corrected chi connectivity index (χ1v) is 10.4. The molecule has 2 rings (SSSR count). The summed E-state index contributed by atoms with van der Waals surface area (Å²) in [6, 6.07) is -0.705. The van der Waals surface area contributed by atoms with Crippen LogP contribution in [-0.4, -0.2) is 79.8 Å². The zero-order valence-corrected chi connectivity index (χ0v) is 15.8. The van der Waals surface area contributed by atoms with Crippen molar-refractivity contribution in [1.29, 1.82) is 0 Å². The van der Waals surface area contributed by atoms with Crippen LogP contribution in [0.2, 0.25) is 0 Å². The number of hydrogen-bond acceptors (Lipinski definition) is 5. The number of carboxylic acids is 1. The number of aliphatic carboxylic acids is 1. The van der Waals surface area contributed by atoms with E-state index in [9.17, 15) is 23.1 Å². The highest BCUT2D eigenvalue weighted by atomic mass is 32.2. The van der Waals surface area contributed by atoms with Crippen molar-refractivity contribution in [1.82, 2.24) is 9.21 Å². The fourth-order valence-electron chi connectivity index (χ4n) is 3.86. The minimum atomic E-state index is -3.45. The second-order valence-electron chi connectivity index (χ2n) is 6.97. The molecule has 0 aromatic carbocycles. The number of carboxylic acid groups (broad SMARTS) is 1. The molecule has 2 fully saturated rings. The van der Waals surface area contributed by atoms with E-state index in [0.717, 1.165) is 0 Å². The molecule has 2 aliphatic heterocycles. The summed E-state index contributed by atoms with van der Waals surface area (Å²) in [5.41, 5.74) is -1.12. The van der Waals surface area contributed by atoms with E-state index in [0.29, 0.717) is 45.2 Å². The van der Waals surface area contributed by atoms with Gasteiger partial charge in [-0.1, -0.05) is 6.92 Å². The van der Waals surface area contributed by atoms with Crippen molar-refractivity contribution in [3.8, 4) is 0 Å². The van der Waals surface area contributed by atoms with E-state index in [2.05, 4.69) is 0 Å². The van der Waals surface area contributed by atoms with E-state index < -0.39 is 27.4 Å². The number of carbonyl (C=O) groups excluding carboxylic acids is 1. The maximum Gasteiger partial charge on any atom is 0.313 e. The Labute approximate surface area is 149 Å². The molecule has 2 heterocycles. The van der Waals surface area contributed by atoms with Gasteiger partial charge in [0.1, 0.15) is 11.5 Å². The standard InChI is InChI=1S/C16H28N2O6S/c1-3-10-25(22,23)18-9-4-6-13(18)14(19)17-8-5-7-16(11-17,12-24-2)15(20)21/h13H,3-12H2,1-2H3,(H,20,21). The molecule has 2 saturated heterocycles. The first-order chi connectivity index (χ1) is 11.8. The topological polar surface area (TPSA) is 104 Å². The van der Waals surface area contributed by atoms with Gasteiger partial charge in [0.25, 0.3) is 0 Å². The van der Waals surface area contributed by atoms with Crippen LogP contribution in [0.3, 0.4) is 0 Å². The van der Waals surface area contributed by atoms with Crippen molar-refractivity contribution in [3.05, 3.63) is 0 Å². The molecule has 9 heteroatoms. The lowest BCUT2D eigenvalue weighted by Crippen LogP contribution is -2.56. The number of sulfonamides is 1. The van der Waals surface area contributed by atoms with Gasteiger partial charge in [-0.2, -0.15) is 4.31 Å². The van der Waals surface area contributed by atoms with Gasteiger partial charge in [0.2, 0.25) is 15.9 Å². The van der Waals surface area contributed by atoms with Crippen LogP contribution < -0.4 is 0 Å². The maximum atomic E-state index is 13.0. The first-order valence-electron chi connectivity index (χ1n) is 8.78. The summed E-state index contributed by atoms with van der Waals surface area (Å²) in [5.74, 6) is -1.23. The molecular weight excluding hydrogens is 348 g/mol. The third-order valence-electron chi connectivity index (χ3n) is 5.07. The van der Waals surface area contributed by atoms with E-state index in [-0.39, 0.29) is 24.8 Å². The lowest BCUT2D eigenvalue weighted by Gasteiger charge is -2.41. The van der Waals surface area contributed by atoms with Gasteiger partial charge < -0.3 is 14.7 Å². The van der Waals surface area contributed by atoms with Crippen LogP contribution in [0.5, 0.6) is 0 Å². The molecule has 1 N–H and O–H groups in total. The van der Waals surface area contributed by atoms with Crippen molar-refractivity contribution in [2.45, 2.75) is 45.1 Å². The average molecular weight is 376 g/mol. The van der Waals surface area contributed by atoms with Gasteiger partial charge in [0.05, 0.1) is 12.4 Å². The molecule has 0 bridgehead atoms. The summed E-state index contributed by atoms with van der Waals surface area (Å²) in [6.07, 6.45) is 2.65. The van der Waals surface area contributed by atoms with Crippen molar-refractivity contribution in [2.75, 3.05) is 39.1 Å². The van der Waals surface area contributed by atoms with E-state index in [4.69, 9.17) is 4.74 Å². The number of likely N-dealkylation sites (tertiary alicyclic amines) is 1. The number of carbonyl (C=O) groups is 2. The first kappa shape index (κ1) is 20.1. The molecule has 8 nitrogen and oxygen atoms in total. The lowest BCUT2D eigenvalue weighted by molar-refractivity contribution is -0.159. The predicted octanol–water partition coefficient (Wildman–Crippen LogP) is 0.530. The number of ether oxygens (including phenoxy) is 1. The van der Waals surface area contributed by atoms with Crippen LogP contribution in [-0.2, 0) is 24.3 Å². The molecule has 144 valence electrons. The predicted molar refractivity (Wildman–Crippen MR) is 91.6 cm³/mol. The Morgan fingerprint density at radius 2 is 2.00 bits per heavy atom. The second-order valence-corrected chi connectivity index (χ2v) is 9.01. The Morgan fingerprint density at radius 1 is 1.28 bits per heavy atom. The highest BCUT2D eigenvalue weighted by Crippen LogP contribution is 2.33. The molecular formula is C16H28N2O6S. The van der Waals surface area contributed by atoms with Crippen molar-refractivity contribution in [2.24, 2.45) is 5.41 Å². The fraction of sp³-hybridized carbons (Fsp3) is 0.875. The molecule has 2 aliphatic rings. The Morgan fingerprint density at radius 3 is 2.60 bits per heavy atom. The second kappa shape index (κ2) is 8.01. The van der Waals surface area contributed by atoms with Crippen molar-refractivity contribution < 1.29 is 27.9 Å². The van der Waals surface area contributed by atoms with Gasteiger partial charge in [-0.25, -0.2) is 8.42 Å². The number of amides is 1. The Balaban J connectivity index is 2.17. The molecule has 0 aromatic rings. The van der Waals surface area contributed by atoms with E-state index in [1.165, 1.54) is 16.3 Å². The van der Waals surface area contributed by atoms with Crippen LogP contribution >= 0.6 is 0 Å². The van der Waals surface area contributed by atoms with Crippen LogP contribution in [0.4, 0.5) is 0 Å². The van der Waals surface area contributed by atoms with Crippen LogP contribution in [0, 0.1) is 5.41 Å². The van der Waals surface area contributed by atoms with Gasteiger partial charge in [0, 0.05) is 26.7 Å². The van der Waals surface area contributed by atoms with Crippen LogP contribution in [0.25, 0.3) is 0 Å². The normalized spacial score (nSPS) is 28.2. The number of nitrogens with zero attached hydrogens (tertiary/aromatic N) is 2. The molecule has 2 unspecified atom stereocenters. The Hall–Kier alpha value is -1.19. The van der Waals surface area contributed by atoms with E-state index >= 15 is 0 Å². The molecule has 1 amide bonds. The number of hydrogen-bond donors (Lipinski definition) is 1. The van der Waals surface area contributed by atoms with Crippen LogP contribution in [0.1, 0.15) is 39.0 Å². The zero-order chi connectivity index (χ0) is 18.7.